The molecular formula is C29H39NO2. The summed E-state index contributed by atoms with van der Waals surface area (Å²) < 4.78 is 0. The molecule has 5 rings (SSSR count). The molecule has 32 heavy (non-hydrogen) atoms. The van der Waals surface area contributed by atoms with Crippen LogP contribution in [0.25, 0.3) is 4.85 Å². The Hall–Kier alpha value is -1.69. The maximum absolute atomic E-state index is 14.0. The first-order valence-electron chi connectivity index (χ1n) is 12.8. The number of hydrogen-bond acceptors (Lipinski definition) is 2. The lowest BCUT2D eigenvalue weighted by Crippen LogP contribution is -2.62. The number of ketones is 2. The van der Waals surface area contributed by atoms with E-state index in [-0.39, 0.29) is 45.5 Å². The lowest BCUT2D eigenvalue weighted by atomic mass is 9.36. The van der Waals surface area contributed by atoms with Gasteiger partial charge in [-0.3, -0.25) is 4.79 Å². The summed E-state index contributed by atoms with van der Waals surface area (Å²) >= 11 is 0. The largest absolute Gasteiger partial charge is 0.308 e. The fourth-order valence-electron chi connectivity index (χ4n) is 9.33. The van der Waals surface area contributed by atoms with Crippen LogP contribution in [-0.2, 0) is 9.59 Å². The number of Topliss-reactive ketones (excluding diaryl/α,β-unsaturated/α-hetero) is 1. The van der Waals surface area contributed by atoms with Crippen molar-refractivity contribution in [3.63, 3.8) is 0 Å². The average Bonchev–Trinajstić information content (AvgIpc) is 2.72. The van der Waals surface area contributed by atoms with Gasteiger partial charge in [0.2, 0.25) is 5.70 Å². The summed E-state index contributed by atoms with van der Waals surface area (Å²) in [6.07, 6.45) is 12.1. The van der Waals surface area contributed by atoms with E-state index >= 15 is 0 Å². The molecule has 3 fully saturated rings. The minimum Gasteiger partial charge on any atom is -0.308 e. The maximum Gasteiger partial charge on any atom is 0.226 e. The van der Waals surface area contributed by atoms with Gasteiger partial charge in [0.1, 0.15) is 0 Å². The summed E-state index contributed by atoms with van der Waals surface area (Å²) in [4.78, 5) is 30.4. The predicted octanol–water partition coefficient (Wildman–Crippen LogP) is 6.80. The van der Waals surface area contributed by atoms with E-state index in [2.05, 4.69) is 39.5 Å². The molecule has 0 saturated heterocycles. The minimum atomic E-state index is -0.382. The standard InChI is InChI=1S/C29H39NO2/c1-17-20-10-13-28(5)23(27(20,4)16-21(30-7)25(17)32)14-22(31)24-19-15-26(2,3)11-8-18(19)9-12-29(24,28)6/h14,16-20,24H,8-13,15H2,1-6H3/t17-,18+,19+,20-,24-,27-,28+,29+/m0/s1. The van der Waals surface area contributed by atoms with Crippen LogP contribution in [0, 0.1) is 57.8 Å². The van der Waals surface area contributed by atoms with Crippen LogP contribution in [0.15, 0.2) is 23.4 Å². The molecule has 172 valence electrons. The Kier molecular flexibility index (Phi) is 4.62. The van der Waals surface area contributed by atoms with Crippen molar-refractivity contribution < 1.29 is 9.59 Å². The molecule has 0 radical (unpaired) electrons. The van der Waals surface area contributed by atoms with E-state index in [0.29, 0.717) is 23.0 Å². The smallest absolute Gasteiger partial charge is 0.226 e. The Morgan fingerprint density at radius 3 is 2.38 bits per heavy atom. The molecule has 0 aromatic carbocycles. The van der Waals surface area contributed by atoms with Crippen LogP contribution in [0.4, 0.5) is 0 Å². The number of rotatable bonds is 0. The molecule has 0 bridgehead atoms. The number of carbonyl (C=O) groups excluding carboxylic acids is 2. The lowest BCUT2D eigenvalue weighted by Gasteiger charge is -2.67. The maximum atomic E-state index is 14.0. The van der Waals surface area contributed by atoms with E-state index in [1.165, 1.54) is 24.8 Å². The van der Waals surface area contributed by atoms with Gasteiger partial charge in [0.15, 0.2) is 11.6 Å². The van der Waals surface area contributed by atoms with Crippen molar-refractivity contribution in [1.29, 1.82) is 0 Å². The molecule has 0 aromatic rings. The molecular weight excluding hydrogens is 394 g/mol. The van der Waals surface area contributed by atoms with Crippen LogP contribution in [0.3, 0.4) is 0 Å². The number of allylic oxidation sites excluding steroid dienone is 4. The zero-order chi connectivity index (χ0) is 23.3. The molecule has 0 aliphatic heterocycles. The highest BCUT2D eigenvalue weighted by molar-refractivity contribution is 6.01. The highest BCUT2D eigenvalue weighted by atomic mass is 16.1. The van der Waals surface area contributed by atoms with Crippen molar-refractivity contribution >= 4 is 11.6 Å². The van der Waals surface area contributed by atoms with Crippen molar-refractivity contribution in [2.24, 2.45) is 51.2 Å². The Morgan fingerprint density at radius 1 is 1.00 bits per heavy atom. The van der Waals surface area contributed by atoms with Gasteiger partial charge in [-0.1, -0.05) is 53.2 Å². The Balaban J connectivity index is 1.66. The van der Waals surface area contributed by atoms with Gasteiger partial charge in [-0.2, -0.15) is 0 Å². The van der Waals surface area contributed by atoms with E-state index in [1.54, 1.807) is 0 Å². The van der Waals surface area contributed by atoms with Gasteiger partial charge in [0.05, 0.1) is 6.57 Å². The summed E-state index contributed by atoms with van der Waals surface area (Å²) in [5.74, 6) is 1.64. The Labute approximate surface area is 193 Å². The highest BCUT2D eigenvalue weighted by Gasteiger charge is 2.66. The van der Waals surface area contributed by atoms with Gasteiger partial charge < -0.3 is 4.79 Å². The van der Waals surface area contributed by atoms with Crippen molar-refractivity contribution in [3.05, 3.63) is 34.8 Å². The minimum absolute atomic E-state index is 0.0113. The van der Waals surface area contributed by atoms with E-state index in [1.807, 2.05) is 19.1 Å². The van der Waals surface area contributed by atoms with Gasteiger partial charge in [-0.05, 0) is 85.0 Å². The lowest BCUT2D eigenvalue weighted by molar-refractivity contribution is -0.153. The van der Waals surface area contributed by atoms with Crippen LogP contribution >= 0.6 is 0 Å². The molecule has 5 aliphatic carbocycles. The molecule has 3 heteroatoms. The SMILES string of the molecule is [C-]#[N+]C1=C[C@]2(C)C3=CC(=O)[C@@H]4[C@@H]5CC(C)(C)CC[C@@H]5CC[C@@]4(C)[C@]3(C)CC[C@H]2[C@H](C)C1=O. The summed E-state index contributed by atoms with van der Waals surface area (Å²) in [5.41, 5.74) is 1.33. The highest BCUT2D eigenvalue weighted by Crippen LogP contribution is 2.72. The number of fused-ring (bicyclic) bond motifs is 7. The van der Waals surface area contributed by atoms with E-state index < -0.39 is 0 Å². The third-order valence-corrected chi connectivity index (χ3v) is 11.3. The van der Waals surface area contributed by atoms with Crippen LogP contribution < -0.4 is 0 Å². The van der Waals surface area contributed by atoms with E-state index in [4.69, 9.17) is 6.57 Å². The topological polar surface area (TPSA) is 38.5 Å². The van der Waals surface area contributed by atoms with Crippen molar-refractivity contribution in [2.75, 3.05) is 0 Å². The fraction of sp³-hybridized carbons (Fsp3) is 0.759. The number of hydrogen-bond donors (Lipinski definition) is 0. The van der Waals surface area contributed by atoms with Crippen molar-refractivity contribution in [2.45, 2.75) is 86.5 Å². The van der Waals surface area contributed by atoms with Gasteiger partial charge in [0, 0.05) is 17.3 Å². The molecule has 3 nitrogen and oxygen atoms in total. The van der Waals surface area contributed by atoms with Crippen LogP contribution in [0.5, 0.6) is 0 Å². The first kappa shape index (κ1) is 22.1. The molecule has 0 amide bonds. The van der Waals surface area contributed by atoms with Gasteiger partial charge >= 0.3 is 0 Å². The molecule has 0 N–H and O–H groups in total. The van der Waals surface area contributed by atoms with Gasteiger partial charge in [-0.25, -0.2) is 4.85 Å². The summed E-state index contributed by atoms with van der Waals surface area (Å²) in [5, 5.41) is 0. The van der Waals surface area contributed by atoms with Crippen molar-refractivity contribution in [1.82, 2.24) is 0 Å². The van der Waals surface area contributed by atoms with E-state index in [9.17, 15) is 9.59 Å². The van der Waals surface area contributed by atoms with Crippen LogP contribution in [0.1, 0.15) is 86.5 Å². The van der Waals surface area contributed by atoms with Crippen LogP contribution in [0.2, 0.25) is 0 Å². The van der Waals surface area contributed by atoms with Crippen LogP contribution in [-0.4, -0.2) is 11.6 Å². The van der Waals surface area contributed by atoms with Crippen molar-refractivity contribution in [3.8, 4) is 0 Å². The summed E-state index contributed by atoms with van der Waals surface area (Å²) in [6, 6.07) is 0. The zero-order valence-electron chi connectivity index (χ0n) is 20.8. The molecule has 8 atom stereocenters. The second-order valence-corrected chi connectivity index (χ2v) is 13.3. The van der Waals surface area contributed by atoms with E-state index in [0.717, 1.165) is 25.7 Å². The third-order valence-electron chi connectivity index (χ3n) is 11.3. The molecule has 5 aliphatic rings. The Morgan fingerprint density at radius 2 is 1.69 bits per heavy atom. The first-order chi connectivity index (χ1) is 14.9. The molecule has 0 unspecified atom stereocenters. The quantitative estimate of drug-likeness (QED) is 0.394. The summed E-state index contributed by atoms with van der Waals surface area (Å²) in [7, 11) is 0. The predicted molar refractivity (Wildman–Crippen MR) is 126 cm³/mol. The number of nitrogens with zero attached hydrogens (tertiary/aromatic N) is 1. The third kappa shape index (κ3) is 2.65. The second kappa shape index (κ2) is 6.68. The molecule has 0 heterocycles. The fourth-order valence-corrected chi connectivity index (χ4v) is 9.33. The Bertz CT molecular complexity index is 995. The molecule has 0 aromatic heterocycles. The van der Waals surface area contributed by atoms with Gasteiger partial charge in [0.25, 0.3) is 0 Å². The molecule has 3 saturated carbocycles. The zero-order valence-corrected chi connectivity index (χ0v) is 20.8. The normalized spacial score (nSPS) is 49.5. The average molecular weight is 434 g/mol. The van der Waals surface area contributed by atoms with Gasteiger partial charge in [-0.15, -0.1) is 0 Å². The summed E-state index contributed by atoms with van der Waals surface area (Å²) in [6.45, 7) is 21.4. The first-order valence-corrected chi connectivity index (χ1v) is 12.8. The monoisotopic (exact) mass is 433 g/mol. The second-order valence-electron chi connectivity index (χ2n) is 13.3. The number of carbonyl (C=O) groups is 2. The molecule has 0 spiro atoms.